The number of carbonyl (C=O) groups is 8. The summed E-state index contributed by atoms with van der Waals surface area (Å²) in [6, 6.07) is 21.3. The van der Waals surface area contributed by atoms with Gasteiger partial charge in [0.1, 0.15) is 31.0 Å². The molecule has 5 N–H and O–H groups in total. The molecule has 0 aliphatic carbocycles. The van der Waals surface area contributed by atoms with Crippen molar-refractivity contribution in [3.63, 3.8) is 0 Å². The van der Waals surface area contributed by atoms with Gasteiger partial charge in [-0.05, 0) is 39.2 Å². The first-order chi connectivity index (χ1) is 37.7. The largest absolute Gasteiger partial charge is 0.503 e. The summed E-state index contributed by atoms with van der Waals surface area (Å²) in [5, 5.41) is 26.3. The molecule has 0 saturated heterocycles. The molecule has 0 radical (unpaired) electrons. The van der Waals surface area contributed by atoms with Crippen molar-refractivity contribution >= 4 is 79.4 Å². The summed E-state index contributed by atoms with van der Waals surface area (Å²) in [5.74, 6) is -5.22. The van der Waals surface area contributed by atoms with E-state index in [1.165, 1.54) is 47.6 Å². The molecule has 424 valence electrons. The van der Waals surface area contributed by atoms with Crippen LogP contribution in [0.4, 0.5) is 0 Å². The molecule has 27 heteroatoms. The molecule has 3 amide bonds. The summed E-state index contributed by atoms with van der Waals surface area (Å²) in [6.45, 7) is 1.35. The molecule has 5 rings (SSSR count). The first-order valence-electron chi connectivity index (χ1n) is 23.0. The van der Waals surface area contributed by atoms with Crippen LogP contribution in [0.3, 0.4) is 0 Å². The molecule has 5 aromatic rings. The molecule has 2 aromatic heterocycles. The van der Waals surface area contributed by atoms with Gasteiger partial charge in [-0.3, -0.25) is 24.0 Å². The van der Waals surface area contributed by atoms with Gasteiger partial charge in [-0.2, -0.15) is 0 Å². The first-order valence-corrected chi connectivity index (χ1v) is 24.6. The van der Waals surface area contributed by atoms with Crippen molar-refractivity contribution in [1.82, 2.24) is 25.9 Å². The van der Waals surface area contributed by atoms with Crippen LogP contribution in [0, 0.1) is 0 Å². The Hall–Kier alpha value is -8.56. The summed E-state index contributed by atoms with van der Waals surface area (Å²) in [7, 11) is 7.66. The number of rotatable bonds is 23. The molecule has 0 aliphatic rings. The number of benzene rings is 3. The van der Waals surface area contributed by atoms with Crippen molar-refractivity contribution in [2.45, 2.75) is 45.2 Å². The number of aromatic hydroxyl groups is 1. The third-order valence-corrected chi connectivity index (χ3v) is 10.9. The van der Waals surface area contributed by atoms with Crippen LogP contribution in [-0.2, 0) is 60.9 Å². The van der Waals surface area contributed by atoms with Crippen LogP contribution < -0.4 is 39.6 Å². The highest BCUT2D eigenvalue weighted by Gasteiger charge is 2.30. The van der Waals surface area contributed by atoms with Crippen LogP contribution in [0.25, 0.3) is 0 Å². The van der Waals surface area contributed by atoms with Gasteiger partial charge in [0.2, 0.25) is 0 Å². The van der Waals surface area contributed by atoms with Crippen molar-refractivity contribution in [1.29, 1.82) is 0 Å². The third kappa shape index (κ3) is 20.7. The quantitative estimate of drug-likeness (QED) is 0.0348. The predicted molar refractivity (Wildman–Crippen MR) is 283 cm³/mol. The minimum absolute atomic E-state index is 0.0507. The topological polar surface area (TPSA) is 331 Å². The second-order valence-electron chi connectivity index (χ2n) is 15.5. The van der Waals surface area contributed by atoms with Crippen LogP contribution in [0.15, 0.2) is 100 Å². The zero-order valence-corrected chi connectivity index (χ0v) is 47.0. The monoisotopic (exact) mass is 1230 g/mol. The van der Waals surface area contributed by atoms with E-state index in [2.05, 4.69) is 76.7 Å². The molecule has 0 spiro atoms. The Bertz CT molecular complexity index is 2880. The molecule has 0 aliphatic heterocycles. The van der Waals surface area contributed by atoms with E-state index >= 15 is 0 Å². The molecule has 0 bridgehead atoms. The van der Waals surface area contributed by atoms with E-state index < -0.39 is 84.7 Å². The predicted octanol–water partition coefficient (Wildman–Crippen LogP) is 4.20. The molecule has 79 heavy (non-hydrogen) atoms. The van der Waals surface area contributed by atoms with Crippen molar-refractivity contribution in [3.8, 4) is 34.5 Å². The fraction of sp³-hybridized carbons (Fsp3) is 0.308. The summed E-state index contributed by atoms with van der Waals surface area (Å²) in [4.78, 5) is 103. The highest BCUT2D eigenvalue weighted by atomic mass is 79.9. The number of hydrogen-bond acceptors (Lipinski definition) is 22. The van der Waals surface area contributed by atoms with Crippen LogP contribution >= 0.6 is 31.9 Å². The van der Waals surface area contributed by atoms with E-state index in [1.807, 2.05) is 60.7 Å². The van der Waals surface area contributed by atoms with Gasteiger partial charge in [0.05, 0.1) is 54.8 Å². The number of methoxy groups -OCH3 is 6. The lowest BCUT2D eigenvalue weighted by Gasteiger charge is -2.19. The highest BCUT2D eigenvalue weighted by molar-refractivity contribution is 9.10. The summed E-state index contributed by atoms with van der Waals surface area (Å²) in [5.41, 5.74) is 1.48. The Kier molecular flexibility index (Phi) is 27.5. The van der Waals surface area contributed by atoms with Crippen LogP contribution in [0.5, 0.6) is 34.5 Å². The van der Waals surface area contributed by atoms with Gasteiger partial charge in [-0.25, -0.2) is 24.4 Å². The van der Waals surface area contributed by atoms with Gasteiger partial charge in [0.25, 0.3) is 17.7 Å². The molecule has 3 aromatic carbocycles. The Balaban J connectivity index is 0.000000315. The van der Waals surface area contributed by atoms with Gasteiger partial charge in [-0.1, -0.05) is 76.6 Å². The van der Waals surface area contributed by atoms with E-state index in [0.717, 1.165) is 32.3 Å². The second-order valence-corrected chi connectivity index (χ2v) is 17.2. The molecule has 3 unspecified atom stereocenters. The van der Waals surface area contributed by atoms with Crippen molar-refractivity contribution in [2.24, 2.45) is 0 Å². The second kappa shape index (κ2) is 33.6. The van der Waals surface area contributed by atoms with E-state index in [1.54, 1.807) is 18.2 Å². The fourth-order valence-electron chi connectivity index (χ4n) is 6.22. The molecular formula is C52H57Br2N5O20. The Morgan fingerprint density at radius 2 is 1.00 bits per heavy atom. The maximum Gasteiger partial charge on any atom is 0.331 e. The maximum atomic E-state index is 13.0. The maximum absolute atomic E-state index is 13.0. The number of nitrogens with one attached hydrogen (secondary N) is 3. The number of nitrogens with zero attached hydrogens (tertiary/aromatic N) is 2. The van der Waals surface area contributed by atoms with Crippen LogP contribution in [0.2, 0.25) is 0 Å². The average molecular weight is 1230 g/mol. The molecule has 25 nitrogen and oxygen atoms in total. The molecule has 0 saturated carbocycles. The lowest BCUT2D eigenvalue weighted by Crippen LogP contribution is -2.45. The van der Waals surface area contributed by atoms with E-state index in [9.17, 15) is 48.6 Å². The third-order valence-electron chi connectivity index (χ3n) is 10.1. The molecule has 3 atom stereocenters. The number of aliphatic hydroxyl groups excluding tert-OH is 1. The van der Waals surface area contributed by atoms with Crippen molar-refractivity contribution < 1.29 is 95.9 Å². The minimum Gasteiger partial charge on any atom is -0.503 e. The molecular weight excluding hydrogens is 1170 g/mol. The van der Waals surface area contributed by atoms with E-state index in [0.29, 0.717) is 14.8 Å². The number of aliphatic hydroxyl groups is 1. The number of halogens is 2. The van der Waals surface area contributed by atoms with E-state index in [-0.39, 0.29) is 59.8 Å². The summed E-state index contributed by atoms with van der Waals surface area (Å²) >= 11 is 6.54. The SMILES string of the molecule is COC(=O)C(CO)NC(=O)c1nc(Br)cc(OC)c1OCc1ccccc1.COC(=O)C(COC(C)=O)NC(=O)c1cc(Br)cc(OC)c1OCc1ccccc1.COC(=O)C(COC(C)=O)NC(=O)c1nccc(OC)c1O. The number of aromatic nitrogens is 2. The zero-order valence-electron chi connectivity index (χ0n) is 43.8. The van der Waals surface area contributed by atoms with Gasteiger partial charge in [0.15, 0.2) is 64.0 Å². The van der Waals surface area contributed by atoms with Gasteiger partial charge in [-0.15, -0.1) is 0 Å². The number of amides is 3. The fourth-order valence-corrected chi connectivity index (χ4v) is 7.05. The summed E-state index contributed by atoms with van der Waals surface area (Å²) < 4.78 is 51.3. The average Bonchev–Trinajstić information content (AvgIpc) is 3.46. The van der Waals surface area contributed by atoms with Crippen molar-refractivity contribution in [2.75, 3.05) is 62.5 Å². The number of hydrogen-bond donors (Lipinski definition) is 5. The summed E-state index contributed by atoms with van der Waals surface area (Å²) in [6.07, 6.45) is 1.26. The molecule has 2 heterocycles. The normalized spacial score (nSPS) is 11.3. The highest BCUT2D eigenvalue weighted by Crippen LogP contribution is 2.36. The number of pyridine rings is 2. The zero-order chi connectivity index (χ0) is 58.6. The van der Waals surface area contributed by atoms with Gasteiger partial charge in [0, 0.05) is 36.6 Å². The van der Waals surface area contributed by atoms with Gasteiger partial charge >= 0.3 is 29.8 Å². The molecule has 0 fully saturated rings. The lowest BCUT2D eigenvalue weighted by molar-refractivity contribution is -0.150. The number of esters is 5. The Labute approximate surface area is 469 Å². The smallest absolute Gasteiger partial charge is 0.331 e. The van der Waals surface area contributed by atoms with Crippen LogP contribution in [0.1, 0.15) is 56.3 Å². The lowest BCUT2D eigenvalue weighted by atomic mass is 10.1. The number of ether oxygens (including phenoxy) is 10. The van der Waals surface area contributed by atoms with Gasteiger partial charge < -0.3 is 73.5 Å². The van der Waals surface area contributed by atoms with Crippen molar-refractivity contribution in [3.05, 3.63) is 128 Å². The Morgan fingerprint density at radius 3 is 1.47 bits per heavy atom. The minimum atomic E-state index is -1.23. The first kappa shape index (κ1) is 64.7. The van der Waals surface area contributed by atoms with E-state index in [4.69, 9.17) is 28.4 Å². The Morgan fingerprint density at radius 1 is 0.557 bits per heavy atom. The standard InChI is InChI=1S/C21H22BrNO7.C18H19BrN2O6.C13H16N2O7/c1-13(24)29-12-17(21(26)28-3)23-20(25)16-9-15(22)10-18(27-2)19(16)30-11-14-7-5-4-6-8-14;1-25-13-8-14(19)21-15(17(23)20-12(9-22)18(24)26-2)16(13)27-10-11-6-4-3-5-7-11;1-7(16)22-6-8(13(19)21-3)15-12(18)10-11(17)9(20-2)4-5-14-10/h4-10,17H,11-12H2,1-3H3,(H,23,25);3-8,12,22H,9-10H2,1-2H3,(H,20,23);4-5,8,17H,6H2,1-3H3,(H,15,18). The van der Waals surface area contributed by atoms with Crippen LogP contribution in [-0.4, -0.2) is 148 Å². The number of carbonyl (C=O) groups excluding carboxylic acids is 8.